The molecule has 2 amide bonds. The number of piperazine rings is 2. The van der Waals surface area contributed by atoms with Crippen LogP contribution in [-0.4, -0.2) is 342 Å². The molecule has 37 nitrogen and oxygen atoms in total. The SMILES string of the molecule is CC(C)(C(N)=O)N1CCN(Cc2cc3nc(-c4c(C#N)[nH]c5ccccc45)nc(N4CCOCC4)c3s2)CC1.Cc1oc2ccccc2c1-c1nc(N2CCOCC2)c2nc(CN3CCN(C(C)(C)C(N)=O)CC3)sc2n1.Fc1cc(-c2nc(N3CCOCC3)c3sc(CN4CC5=CNCC5C4)nc3n2)c2cc[nH]c2c1.Fc1ccc2[nH]ccc2c1-c1nc(N2CCOCC2)c2oc(CN3CCC(N4CC(F)(F)C4)CC3)nc2n1. The molecule has 1 atom stereocenters. The van der Waals surface area contributed by atoms with Crippen LogP contribution >= 0.6 is 34.0 Å². The summed E-state index contributed by atoms with van der Waals surface area (Å²) in [5, 5.41) is 18.8. The number of hydrogen-bond acceptors (Lipinski definition) is 35. The molecular weight excluding hydrogens is 1970 g/mol. The van der Waals surface area contributed by atoms with Gasteiger partial charge in [-0.3, -0.25) is 43.9 Å². The largest absolute Gasteiger partial charge is 0.461 e. The number of anilines is 4. The Hall–Kier alpha value is -13.0. The van der Waals surface area contributed by atoms with Crippen molar-refractivity contribution < 1.29 is 54.9 Å². The summed E-state index contributed by atoms with van der Waals surface area (Å²) in [6, 6.07) is 30.4. The van der Waals surface area contributed by atoms with Gasteiger partial charge in [0.1, 0.15) is 59.8 Å². The third-order valence-corrected chi connectivity index (χ3v) is 33.4. The van der Waals surface area contributed by atoms with Gasteiger partial charge in [0, 0.05) is 217 Å². The molecule has 16 aromatic rings. The van der Waals surface area contributed by atoms with E-state index in [9.17, 15) is 28.0 Å². The van der Waals surface area contributed by atoms with Crippen LogP contribution < -0.4 is 36.4 Å². The van der Waals surface area contributed by atoms with Crippen molar-refractivity contribution in [1.29, 1.82) is 5.26 Å². The fourth-order valence-corrected chi connectivity index (χ4v) is 24.9. The van der Waals surface area contributed by atoms with Crippen LogP contribution in [0.5, 0.6) is 0 Å². The van der Waals surface area contributed by atoms with Gasteiger partial charge in [-0.1, -0.05) is 47.7 Å². The number of benzene rings is 4. The van der Waals surface area contributed by atoms with Crippen molar-refractivity contribution >= 4 is 155 Å². The number of morpholine rings is 4. The number of furan rings is 1. The third-order valence-electron chi connectivity index (χ3n) is 30.3. The quantitative estimate of drug-likeness (QED) is 0.0364. The highest BCUT2D eigenvalue weighted by Gasteiger charge is 2.48. The molecule has 1 unspecified atom stereocenters. The summed E-state index contributed by atoms with van der Waals surface area (Å²) in [6.45, 7) is 34.2. The summed E-state index contributed by atoms with van der Waals surface area (Å²) >= 11 is 5.02. The van der Waals surface area contributed by atoms with Crippen molar-refractivity contribution in [1.82, 2.24) is 109 Å². The minimum absolute atomic E-state index is 0.134. The number of alkyl halides is 2. The van der Waals surface area contributed by atoms with E-state index in [4.69, 9.17) is 84.1 Å². The van der Waals surface area contributed by atoms with Gasteiger partial charge >= 0.3 is 0 Å². The van der Waals surface area contributed by atoms with E-state index in [2.05, 4.69) is 104 Å². The number of rotatable bonds is 21. The molecule has 10 aliphatic rings. The predicted molar refractivity (Wildman–Crippen MR) is 566 cm³/mol. The maximum Gasteiger partial charge on any atom is 0.272 e. The highest BCUT2D eigenvalue weighted by atomic mass is 32.1. The highest BCUT2D eigenvalue weighted by molar-refractivity contribution is 7.20. The number of aromatic nitrogens is 14. The number of amides is 2. The van der Waals surface area contributed by atoms with Crippen LogP contribution in [-0.2, 0) is 54.7 Å². The van der Waals surface area contributed by atoms with E-state index >= 15 is 4.39 Å². The van der Waals surface area contributed by atoms with Gasteiger partial charge in [-0.05, 0) is 114 Å². The van der Waals surface area contributed by atoms with Crippen LogP contribution in [0.1, 0.15) is 72.8 Å². The van der Waals surface area contributed by atoms with Gasteiger partial charge in [0.05, 0.1) is 124 Å². The average Bonchev–Trinajstić information content (AvgIpc) is 1.61. The minimum Gasteiger partial charge on any atom is -0.461 e. The second-order valence-electron chi connectivity index (χ2n) is 40.5. The van der Waals surface area contributed by atoms with E-state index in [0.29, 0.717) is 147 Å². The Morgan fingerprint density at radius 2 is 1.08 bits per heavy atom. The van der Waals surface area contributed by atoms with Gasteiger partial charge in [0.15, 0.2) is 52.2 Å². The molecule has 8 N–H and O–H groups in total. The van der Waals surface area contributed by atoms with E-state index in [-0.39, 0.29) is 42.6 Å². The number of nitriles is 1. The topological polar surface area (TPSA) is 410 Å². The van der Waals surface area contributed by atoms with Crippen LogP contribution in [0.4, 0.5) is 40.8 Å². The number of carbonyl (C=O) groups is 2. The lowest BCUT2D eigenvalue weighted by molar-refractivity contribution is -0.151. The van der Waals surface area contributed by atoms with Crippen molar-refractivity contribution in [3.8, 4) is 51.6 Å². The number of primary amides is 2. The summed E-state index contributed by atoms with van der Waals surface area (Å²) in [5.41, 5.74) is 21.1. The Morgan fingerprint density at radius 3 is 1.74 bits per heavy atom. The van der Waals surface area contributed by atoms with E-state index in [1.54, 1.807) is 46.3 Å². The number of nitrogens with two attached hydrogens (primary N) is 2. The zero-order valence-corrected chi connectivity index (χ0v) is 86.1. The normalized spacial score (nSPS) is 19.4. The van der Waals surface area contributed by atoms with Crippen LogP contribution in [0, 0.1) is 35.8 Å². The second-order valence-corrected chi connectivity index (χ2v) is 43.8. The van der Waals surface area contributed by atoms with Crippen LogP contribution in [0.15, 0.2) is 124 Å². The number of ether oxygens (including phenoxy) is 4. The Labute approximate surface area is 867 Å². The fourth-order valence-electron chi connectivity index (χ4n) is 21.8. The first kappa shape index (κ1) is 99.3. The Balaban J connectivity index is 0.000000109. The Bertz CT molecular complexity index is 7750. The molecule has 776 valence electrons. The van der Waals surface area contributed by atoms with E-state index in [0.717, 1.165) is 265 Å². The van der Waals surface area contributed by atoms with Crippen LogP contribution in [0.3, 0.4) is 0 Å². The summed E-state index contributed by atoms with van der Waals surface area (Å²) in [7, 11) is 0. The number of hydrogen-bond donors (Lipinski definition) is 6. The number of para-hydroxylation sites is 2. The molecule has 4 aromatic carbocycles. The molecule has 9 fully saturated rings. The Kier molecular flexibility index (Phi) is 27.8. The number of piperidine rings is 1. The summed E-state index contributed by atoms with van der Waals surface area (Å²) in [6.07, 6.45) is 7.41. The number of H-pyrrole nitrogens is 3. The van der Waals surface area contributed by atoms with E-state index < -0.39 is 22.8 Å². The van der Waals surface area contributed by atoms with Gasteiger partial charge in [-0.15, -0.1) is 22.7 Å². The molecule has 0 bridgehead atoms. The lowest BCUT2D eigenvalue weighted by Crippen LogP contribution is -2.61. The number of aromatic amines is 3. The molecule has 0 saturated carbocycles. The molecule has 22 heterocycles. The molecule has 149 heavy (non-hydrogen) atoms. The number of oxazole rings is 1. The molecule has 9 saturated heterocycles. The van der Waals surface area contributed by atoms with Gasteiger partial charge < -0.3 is 79.1 Å². The summed E-state index contributed by atoms with van der Waals surface area (Å²) in [5.74, 6) is 3.27. The first-order valence-electron chi connectivity index (χ1n) is 51.0. The van der Waals surface area contributed by atoms with Crippen molar-refractivity contribution in [2.45, 2.75) is 96.7 Å². The van der Waals surface area contributed by atoms with Gasteiger partial charge in [0.2, 0.25) is 28.9 Å². The number of nitrogens with zero attached hydrogens (tertiary/aromatic N) is 23. The van der Waals surface area contributed by atoms with Gasteiger partial charge in [0.25, 0.3) is 5.92 Å². The standard InChI is InChI=1S/C28H32N8O2S.C27H33N7O3S.C26H28F3N7O2.C24H24FN7OS/c1-28(2,27(30)37)36-9-7-34(8-10-36)17-18-15-21-24(39-18)26(35-11-13-38-14-12-35)33-25(32-21)23-19-5-3-4-6-20(19)31-22(23)16-29;1-17-21(18-6-4-5-7-19(18)37-17)23-30-24(33-12-14-36-15-13-33)22-25(31-23)38-20(29-22)16-32-8-10-34(11-9-32)27(2,3)26(28)35;27-18-1-2-19-17(3-6-30-19)21(18)23-32-24-22(25(33-23)35-9-11-37-12-10-35)38-20(31-24)13-34-7-4-16(5-8-34)36-14-26(28,29)15-36;25-16-7-18(17-1-2-27-19(17)8-16)22-29-23-21(24(30-22)32-3-5-33-6-4-32)34-20(28-23)13-31-11-14-9-26-10-15(14)12-31/h3-6,15,31H,7-14,17H2,1-2H3,(H2,30,37);4-7H,8-16H2,1-3H3,(H2,28,35);1-3,6,16,30H,4-5,7-15H2;1-2,7-9,15,26-27H,3-6,10-13H2. The first-order valence-corrected chi connectivity index (χ1v) is 53.5. The molecule has 26 rings (SSSR count). The maximum absolute atomic E-state index is 15.1. The van der Waals surface area contributed by atoms with Crippen LogP contribution in [0.25, 0.3) is 131 Å². The first-order chi connectivity index (χ1) is 72.3. The lowest BCUT2D eigenvalue weighted by atomic mass is 9.98. The zero-order chi connectivity index (χ0) is 102. The number of thiophene rings is 1. The van der Waals surface area contributed by atoms with Crippen LogP contribution in [0.2, 0.25) is 0 Å². The monoisotopic (exact) mass is 2080 g/mol. The van der Waals surface area contributed by atoms with Crippen molar-refractivity contribution in [3.63, 3.8) is 0 Å². The second kappa shape index (κ2) is 41.7. The van der Waals surface area contributed by atoms with E-state index in [1.165, 1.54) is 28.6 Å². The molecule has 12 aromatic heterocycles. The minimum atomic E-state index is -2.54. The molecule has 0 aliphatic carbocycles. The molecule has 44 heteroatoms. The third kappa shape index (κ3) is 20.4. The molecular formula is C105H117F4N29O8S3. The summed E-state index contributed by atoms with van der Waals surface area (Å²) < 4.78 is 92.7. The summed E-state index contributed by atoms with van der Waals surface area (Å²) in [4.78, 5) is 114. The fraction of sp³-hybridized carbons (Fsp3) is 0.448. The Morgan fingerprint density at radius 1 is 0.517 bits per heavy atom. The van der Waals surface area contributed by atoms with Gasteiger partial charge in [-0.25, -0.2) is 67.4 Å². The van der Waals surface area contributed by atoms with Crippen molar-refractivity contribution in [3.05, 3.63) is 159 Å². The number of carbonyl (C=O) groups excluding carboxylic acids is 2. The smallest absolute Gasteiger partial charge is 0.272 e. The van der Waals surface area contributed by atoms with E-state index in [1.807, 2.05) is 100 Å². The molecule has 0 spiro atoms. The average molecular weight is 2090 g/mol. The number of likely N-dealkylation sites (tertiary alicyclic amines) is 3. The van der Waals surface area contributed by atoms with Crippen molar-refractivity contribution in [2.24, 2.45) is 17.4 Å². The number of halogens is 4. The number of fused-ring (bicyclic) bond motifs is 9. The van der Waals surface area contributed by atoms with Crippen molar-refractivity contribution in [2.75, 3.05) is 223 Å². The van der Waals surface area contributed by atoms with Gasteiger partial charge in [-0.2, -0.15) is 10.2 Å². The number of aryl methyl sites for hydroxylation is 1. The maximum atomic E-state index is 15.1. The number of thiazole rings is 2. The lowest BCUT2D eigenvalue weighted by Gasteiger charge is -2.46. The molecule has 0 radical (unpaired) electrons. The number of nitrogens with one attached hydrogen (secondary N) is 4. The molecule has 10 aliphatic heterocycles. The highest BCUT2D eigenvalue weighted by Crippen LogP contribution is 2.45. The zero-order valence-electron chi connectivity index (χ0n) is 83.7. The predicted octanol–water partition coefficient (Wildman–Crippen LogP) is 12.7.